The lowest BCUT2D eigenvalue weighted by atomic mass is 9.81. The summed E-state index contributed by atoms with van der Waals surface area (Å²) in [5.74, 6) is -0.233. The lowest BCUT2D eigenvalue weighted by Gasteiger charge is -2.29. The average molecular weight is 773 g/mol. The maximum atomic E-state index is 13.8. The van der Waals surface area contributed by atoms with Crippen LogP contribution in [0.25, 0.3) is 22.5 Å². The summed E-state index contributed by atoms with van der Waals surface area (Å²) >= 11 is 0. The molecule has 2 heterocycles. The molecule has 0 bridgehead atoms. The van der Waals surface area contributed by atoms with Gasteiger partial charge in [0.05, 0.1) is 18.1 Å². The van der Waals surface area contributed by atoms with Gasteiger partial charge in [-0.3, -0.25) is 9.59 Å². The van der Waals surface area contributed by atoms with Crippen molar-refractivity contribution < 1.29 is 32.3 Å². The number of nitrogens with one attached hydrogen (secondary N) is 4. The molecule has 15 nitrogen and oxygen atoms in total. The van der Waals surface area contributed by atoms with E-state index in [0.717, 1.165) is 18.4 Å². The number of morpholine rings is 1. The summed E-state index contributed by atoms with van der Waals surface area (Å²) in [5.41, 5.74) is 2.73. The molecule has 2 aliphatic rings. The van der Waals surface area contributed by atoms with Gasteiger partial charge in [0.25, 0.3) is 0 Å². The lowest BCUT2D eigenvalue weighted by molar-refractivity contribution is -0.130. The topological polar surface area (TPSA) is 198 Å². The van der Waals surface area contributed by atoms with Crippen LogP contribution in [-0.4, -0.2) is 95.7 Å². The van der Waals surface area contributed by atoms with Crippen LogP contribution < -0.4 is 16.0 Å². The fraction of sp³-hybridized carbons (Fsp3) is 0.436. The van der Waals surface area contributed by atoms with Crippen molar-refractivity contribution in [2.45, 2.75) is 69.4 Å². The molecule has 3 aromatic carbocycles. The van der Waals surface area contributed by atoms with E-state index in [4.69, 9.17) is 9.47 Å². The number of H-pyrrole nitrogens is 1. The predicted molar refractivity (Wildman–Crippen MR) is 205 cm³/mol. The van der Waals surface area contributed by atoms with E-state index in [2.05, 4.69) is 36.6 Å². The second-order valence-corrected chi connectivity index (χ2v) is 16.8. The third-order valence-electron chi connectivity index (χ3n) is 9.72. The van der Waals surface area contributed by atoms with Crippen molar-refractivity contribution in [3.05, 3.63) is 78.4 Å². The molecule has 4 N–H and O–H groups in total. The summed E-state index contributed by atoms with van der Waals surface area (Å²) in [6.45, 7) is 7.20. The van der Waals surface area contributed by atoms with Gasteiger partial charge in [0, 0.05) is 48.8 Å². The SMILES string of the molecule is CC(C)(C)OC(=O)NCC1CCC(C(=O)N[C@@H](Cc2ccc(-c3ccccc3S(=O)(=O)N3CCOCC3)cc2)C(=O)Nc2ccc(-c3nn[nH]n3)cc2)CC1. The van der Waals surface area contributed by atoms with Crippen molar-refractivity contribution in [1.29, 1.82) is 0 Å². The second-order valence-electron chi connectivity index (χ2n) is 14.9. The van der Waals surface area contributed by atoms with Gasteiger partial charge in [-0.1, -0.05) is 42.5 Å². The van der Waals surface area contributed by atoms with Crippen LogP contribution >= 0.6 is 0 Å². The molecule has 292 valence electrons. The molecule has 1 atom stereocenters. The minimum Gasteiger partial charge on any atom is -0.444 e. The van der Waals surface area contributed by atoms with E-state index < -0.39 is 27.8 Å². The summed E-state index contributed by atoms with van der Waals surface area (Å²) in [5, 5.41) is 22.8. The van der Waals surface area contributed by atoms with Gasteiger partial charge in [-0.25, -0.2) is 13.2 Å². The van der Waals surface area contributed by atoms with E-state index in [-0.39, 0.29) is 35.0 Å². The third kappa shape index (κ3) is 10.5. The number of alkyl carbamates (subject to hydrolysis) is 1. The number of hydrogen-bond donors (Lipinski definition) is 4. The van der Waals surface area contributed by atoms with Crippen LogP contribution in [0.3, 0.4) is 0 Å². The summed E-state index contributed by atoms with van der Waals surface area (Å²) in [4.78, 5) is 39.9. The maximum absolute atomic E-state index is 13.8. The molecule has 3 amide bonds. The molecule has 0 spiro atoms. The fourth-order valence-electron chi connectivity index (χ4n) is 6.80. The molecule has 1 aromatic heterocycles. The van der Waals surface area contributed by atoms with Gasteiger partial charge in [-0.15, -0.1) is 10.2 Å². The highest BCUT2D eigenvalue weighted by molar-refractivity contribution is 7.89. The zero-order chi connectivity index (χ0) is 39.0. The van der Waals surface area contributed by atoms with Crippen LogP contribution in [0.5, 0.6) is 0 Å². The van der Waals surface area contributed by atoms with E-state index in [1.807, 2.05) is 45.0 Å². The van der Waals surface area contributed by atoms with Crippen LogP contribution in [-0.2, 0) is 35.5 Å². The Morgan fingerprint density at radius 3 is 2.25 bits per heavy atom. The smallest absolute Gasteiger partial charge is 0.407 e. The van der Waals surface area contributed by atoms with Crippen molar-refractivity contribution in [2.75, 3.05) is 38.2 Å². The molecule has 1 aliphatic carbocycles. The summed E-state index contributed by atoms with van der Waals surface area (Å²) in [6.07, 6.45) is 2.49. The Kier molecular flexibility index (Phi) is 12.6. The molecule has 1 saturated heterocycles. The van der Waals surface area contributed by atoms with Crippen LogP contribution in [0.2, 0.25) is 0 Å². The molecular formula is C39H48N8O7S. The Morgan fingerprint density at radius 2 is 1.60 bits per heavy atom. The van der Waals surface area contributed by atoms with Crippen LogP contribution in [0.15, 0.2) is 77.7 Å². The van der Waals surface area contributed by atoms with Crippen LogP contribution in [0.1, 0.15) is 52.0 Å². The van der Waals surface area contributed by atoms with E-state index in [0.29, 0.717) is 73.9 Å². The molecule has 2 fully saturated rings. The van der Waals surface area contributed by atoms with Gasteiger partial charge in [-0.05, 0) is 99.0 Å². The number of aromatic nitrogens is 4. The second kappa shape index (κ2) is 17.5. The summed E-state index contributed by atoms with van der Waals surface area (Å²) < 4.78 is 39.4. The fourth-order valence-corrected chi connectivity index (χ4v) is 8.42. The first kappa shape index (κ1) is 39.5. The number of rotatable bonds is 12. The number of amides is 3. The van der Waals surface area contributed by atoms with Gasteiger partial charge in [-0.2, -0.15) is 9.52 Å². The molecule has 16 heteroatoms. The van der Waals surface area contributed by atoms with E-state index in [1.54, 1.807) is 48.5 Å². The Morgan fingerprint density at radius 1 is 0.927 bits per heavy atom. The van der Waals surface area contributed by atoms with Gasteiger partial charge >= 0.3 is 6.09 Å². The van der Waals surface area contributed by atoms with Crippen molar-refractivity contribution >= 4 is 33.6 Å². The van der Waals surface area contributed by atoms with Crippen molar-refractivity contribution in [3.8, 4) is 22.5 Å². The van der Waals surface area contributed by atoms with Gasteiger partial charge in [0.2, 0.25) is 27.7 Å². The molecule has 55 heavy (non-hydrogen) atoms. The van der Waals surface area contributed by atoms with Gasteiger partial charge in [0.15, 0.2) is 0 Å². The van der Waals surface area contributed by atoms with Crippen molar-refractivity contribution in [1.82, 2.24) is 35.6 Å². The normalized spacial score (nSPS) is 18.5. The maximum Gasteiger partial charge on any atom is 0.407 e. The minimum absolute atomic E-state index is 0.196. The number of benzene rings is 3. The number of aromatic amines is 1. The number of sulfonamides is 1. The molecule has 0 unspecified atom stereocenters. The molecule has 0 radical (unpaired) electrons. The number of ether oxygens (including phenoxy) is 2. The monoisotopic (exact) mass is 772 g/mol. The highest BCUT2D eigenvalue weighted by Gasteiger charge is 2.31. The first-order chi connectivity index (χ1) is 26.4. The minimum atomic E-state index is -3.75. The van der Waals surface area contributed by atoms with Crippen molar-refractivity contribution in [3.63, 3.8) is 0 Å². The number of nitrogens with zero attached hydrogens (tertiary/aromatic N) is 4. The summed E-state index contributed by atoms with van der Waals surface area (Å²) in [7, 11) is -3.75. The highest BCUT2D eigenvalue weighted by atomic mass is 32.2. The molecule has 1 saturated carbocycles. The number of tetrazole rings is 1. The Hall–Kier alpha value is -5.19. The van der Waals surface area contributed by atoms with E-state index in [9.17, 15) is 22.8 Å². The standard InChI is InChI=1S/C39H48N8O7S/c1-39(2,3)54-38(50)40-25-27-10-14-30(15-11-27)36(48)42-33(37(49)41-31-18-16-29(17-19-31)35-43-45-46-44-35)24-26-8-12-28(13-9-26)32-6-4-5-7-34(32)55(51,52)47-20-22-53-23-21-47/h4-9,12-13,16-19,27,30,33H,10-11,14-15,20-25H2,1-3H3,(H,40,50)(H,41,49)(H,42,48)(H,43,44,45,46)/t27?,30?,33-/m0/s1. The average Bonchev–Trinajstić information content (AvgIpc) is 3.73. The van der Waals surface area contributed by atoms with Crippen molar-refractivity contribution in [2.24, 2.45) is 11.8 Å². The van der Waals surface area contributed by atoms with Crippen LogP contribution in [0, 0.1) is 11.8 Å². The molecule has 1 aliphatic heterocycles. The number of anilines is 1. The quantitative estimate of drug-likeness (QED) is 0.159. The first-order valence-electron chi connectivity index (χ1n) is 18.5. The molecule has 6 rings (SSSR count). The molecule has 4 aromatic rings. The zero-order valence-corrected chi connectivity index (χ0v) is 32.1. The van der Waals surface area contributed by atoms with E-state index in [1.165, 1.54) is 4.31 Å². The first-order valence-corrected chi connectivity index (χ1v) is 20.0. The van der Waals surface area contributed by atoms with Gasteiger partial charge < -0.3 is 25.4 Å². The Labute approximate surface area is 321 Å². The largest absolute Gasteiger partial charge is 0.444 e. The highest BCUT2D eigenvalue weighted by Crippen LogP contribution is 2.31. The van der Waals surface area contributed by atoms with Gasteiger partial charge in [0.1, 0.15) is 11.6 Å². The zero-order valence-electron chi connectivity index (χ0n) is 31.3. The Bertz CT molecular complexity index is 2020. The number of hydrogen-bond acceptors (Lipinski definition) is 10. The molecular weight excluding hydrogens is 725 g/mol. The van der Waals surface area contributed by atoms with Crippen LogP contribution in [0.4, 0.5) is 10.5 Å². The summed E-state index contributed by atoms with van der Waals surface area (Å²) in [6, 6.07) is 20.4. The predicted octanol–water partition coefficient (Wildman–Crippen LogP) is 4.55. The number of carbonyl (C=O) groups excluding carboxylic acids is 3. The Balaban J connectivity index is 1.14. The lowest BCUT2D eigenvalue weighted by Crippen LogP contribution is -2.48. The van der Waals surface area contributed by atoms with E-state index >= 15 is 0 Å². The third-order valence-corrected chi connectivity index (χ3v) is 11.7. The number of carbonyl (C=O) groups is 3.